The van der Waals surface area contributed by atoms with Gasteiger partial charge in [0.05, 0.1) is 10.2 Å². The topological polar surface area (TPSA) is 93.7 Å². The van der Waals surface area contributed by atoms with E-state index < -0.39 is 5.92 Å². The number of allylic oxidation sites excluding steroid dienone is 4. The van der Waals surface area contributed by atoms with Gasteiger partial charge < -0.3 is 20.1 Å². The first-order valence-electron chi connectivity index (χ1n) is 12.8. The van der Waals surface area contributed by atoms with E-state index in [0.717, 1.165) is 46.2 Å². The number of anilines is 1. The lowest BCUT2D eigenvalue weighted by Gasteiger charge is -2.37. The first-order valence-corrected chi connectivity index (χ1v) is 14.2. The van der Waals surface area contributed by atoms with Crippen LogP contribution in [0.15, 0.2) is 58.9 Å². The van der Waals surface area contributed by atoms with Gasteiger partial charge in [-0.25, -0.2) is 0 Å². The number of Topliss-reactive ketones (excluding diaryl/α,β-unsaturated/α-hetero) is 2. The number of hydrogen-bond acceptors (Lipinski definition) is 6. The van der Waals surface area contributed by atoms with Crippen molar-refractivity contribution in [2.45, 2.75) is 51.4 Å². The predicted octanol–water partition coefficient (Wildman–Crippen LogP) is 6.06. The third-order valence-corrected chi connectivity index (χ3v) is 7.99. The van der Waals surface area contributed by atoms with E-state index >= 15 is 0 Å². The summed E-state index contributed by atoms with van der Waals surface area (Å²) in [6, 6.07) is 10.6. The van der Waals surface area contributed by atoms with E-state index in [0.29, 0.717) is 52.8 Å². The third-order valence-electron chi connectivity index (χ3n) is 6.93. The van der Waals surface area contributed by atoms with Crippen LogP contribution in [0.2, 0.25) is 5.02 Å². The van der Waals surface area contributed by atoms with Crippen LogP contribution in [0.3, 0.4) is 0 Å². The maximum absolute atomic E-state index is 13.2. The van der Waals surface area contributed by atoms with Crippen molar-refractivity contribution in [2.24, 2.45) is 0 Å². The van der Waals surface area contributed by atoms with Crippen molar-refractivity contribution in [2.75, 3.05) is 18.5 Å². The van der Waals surface area contributed by atoms with Gasteiger partial charge in [0.25, 0.3) is 5.91 Å². The van der Waals surface area contributed by atoms with E-state index in [9.17, 15) is 14.4 Å². The lowest BCUT2D eigenvalue weighted by atomic mass is 9.71. The quantitative estimate of drug-likeness (QED) is 0.355. The van der Waals surface area contributed by atoms with Crippen LogP contribution in [0.25, 0.3) is 0 Å². The van der Waals surface area contributed by atoms with Gasteiger partial charge in [0.2, 0.25) is 0 Å². The standard InChI is InChI=1S/C29H28ClIN2O5/c1-2-37-24-14-16(13-19(31)29(24)38-15-25(36)32-18-11-9-17(30)10-12-18)26-27-20(5-3-7-22(27)34)33-21-6-4-8-23(35)28(21)26/h9-14,26,33H,2-8,15H2,1H3,(H,32,36). The number of rotatable bonds is 7. The number of amides is 1. The molecule has 0 saturated carbocycles. The highest BCUT2D eigenvalue weighted by atomic mass is 127. The van der Waals surface area contributed by atoms with Gasteiger partial charge in [-0.3, -0.25) is 14.4 Å². The lowest BCUT2D eigenvalue weighted by Crippen LogP contribution is -2.36. The molecule has 3 aliphatic rings. The number of benzene rings is 2. The molecule has 2 aliphatic carbocycles. The summed E-state index contributed by atoms with van der Waals surface area (Å²) in [5.41, 5.74) is 4.70. The Hall–Kier alpha value is -2.85. The van der Waals surface area contributed by atoms with Crippen LogP contribution in [0.4, 0.5) is 5.69 Å². The summed E-state index contributed by atoms with van der Waals surface area (Å²) in [5, 5.41) is 6.82. The molecule has 0 unspecified atom stereocenters. The zero-order valence-electron chi connectivity index (χ0n) is 21.0. The molecular weight excluding hydrogens is 619 g/mol. The van der Waals surface area contributed by atoms with Crippen molar-refractivity contribution in [3.05, 3.63) is 73.1 Å². The normalized spacial score (nSPS) is 17.6. The molecule has 0 fully saturated rings. The van der Waals surface area contributed by atoms with E-state index in [4.69, 9.17) is 21.1 Å². The zero-order valence-corrected chi connectivity index (χ0v) is 23.9. The number of carbonyl (C=O) groups excluding carboxylic acids is 3. The van der Waals surface area contributed by atoms with Crippen LogP contribution in [0.5, 0.6) is 11.5 Å². The van der Waals surface area contributed by atoms with Crippen molar-refractivity contribution in [1.29, 1.82) is 0 Å². The van der Waals surface area contributed by atoms with Gasteiger partial charge in [0.15, 0.2) is 29.7 Å². The molecule has 0 saturated heterocycles. The van der Waals surface area contributed by atoms with Crippen LogP contribution in [-0.4, -0.2) is 30.7 Å². The monoisotopic (exact) mass is 646 g/mol. The molecule has 0 aromatic heterocycles. The highest BCUT2D eigenvalue weighted by molar-refractivity contribution is 14.1. The zero-order chi connectivity index (χ0) is 26.8. The first-order chi connectivity index (χ1) is 18.4. The minimum absolute atomic E-state index is 0.0841. The molecule has 7 nitrogen and oxygen atoms in total. The second-order valence-corrected chi connectivity index (χ2v) is 11.1. The summed E-state index contributed by atoms with van der Waals surface area (Å²) in [7, 11) is 0. The predicted molar refractivity (Wildman–Crippen MR) is 154 cm³/mol. The molecule has 2 aromatic rings. The molecule has 1 amide bonds. The molecule has 0 bridgehead atoms. The fraction of sp³-hybridized carbons (Fsp3) is 0.345. The van der Waals surface area contributed by atoms with Gasteiger partial charge in [0, 0.05) is 52.0 Å². The Labute approximate surface area is 240 Å². The number of nitrogens with one attached hydrogen (secondary N) is 2. The van der Waals surface area contributed by atoms with Crippen LogP contribution in [0, 0.1) is 3.57 Å². The van der Waals surface area contributed by atoms with Crippen molar-refractivity contribution >= 4 is 57.4 Å². The fourth-order valence-corrected chi connectivity index (χ4v) is 6.25. The molecule has 5 rings (SSSR count). The van der Waals surface area contributed by atoms with Crippen molar-refractivity contribution in [3.63, 3.8) is 0 Å². The van der Waals surface area contributed by atoms with Gasteiger partial charge in [-0.1, -0.05) is 11.6 Å². The molecular formula is C29H28ClIN2O5. The largest absolute Gasteiger partial charge is 0.490 e. The van der Waals surface area contributed by atoms with Crippen molar-refractivity contribution in [3.8, 4) is 11.5 Å². The van der Waals surface area contributed by atoms with E-state index in [2.05, 4.69) is 33.2 Å². The Balaban J connectivity index is 1.47. The van der Waals surface area contributed by atoms with Crippen molar-refractivity contribution in [1.82, 2.24) is 5.32 Å². The average Bonchev–Trinajstić information content (AvgIpc) is 2.89. The lowest BCUT2D eigenvalue weighted by molar-refractivity contribution is -0.118. The van der Waals surface area contributed by atoms with Gasteiger partial charge in [-0.15, -0.1) is 0 Å². The van der Waals surface area contributed by atoms with Crippen LogP contribution >= 0.6 is 34.2 Å². The Kier molecular flexibility index (Phi) is 8.09. The summed E-state index contributed by atoms with van der Waals surface area (Å²) in [5.74, 6) is 0.337. The SMILES string of the molecule is CCOc1cc(C2C3=C(CCCC3=O)NC3=C2C(=O)CCC3)cc(I)c1OCC(=O)Nc1ccc(Cl)cc1. The Morgan fingerprint density at radius 2 is 1.63 bits per heavy atom. The van der Waals surface area contributed by atoms with Gasteiger partial charge in [-0.05, 0) is 97.2 Å². The molecule has 2 aromatic carbocycles. The molecule has 38 heavy (non-hydrogen) atoms. The van der Waals surface area contributed by atoms with Crippen LogP contribution in [0.1, 0.15) is 56.9 Å². The number of ether oxygens (including phenoxy) is 2. The maximum Gasteiger partial charge on any atom is 0.262 e. The van der Waals surface area contributed by atoms with E-state index in [1.54, 1.807) is 24.3 Å². The highest BCUT2D eigenvalue weighted by Crippen LogP contribution is 2.47. The van der Waals surface area contributed by atoms with E-state index in [-0.39, 0.29) is 24.1 Å². The van der Waals surface area contributed by atoms with Gasteiger partial charge in [-0.2, -0.15) is 0 Å². The Morgan fingerprint density at radius 1 is 1.00 bits per heavy atom. The second kappa shape index (κ2) is 11.5. The number of carbonyl (C=O) groups is 3. The summed E-state index contributed by atoms with van der Waals surface area (Å²) < 4.78 is 12.6. The summed E-state index contributed by atoms with van der Waals surface area (Å²) in [6.45, 7) is 2.05. The van der Waals surface area contributed by atoms with Gasteiger partial charge in [0.1, 0.15) is 0 Å². The number of hydrogen-bond donors (Lipinski definition) is 2. The molecule has 0 spiro atoms. The first kappa shape index (κ1) is 26.7. The minimum Gasteiger partial charge on any atom is -0.490 e. The minimum atomic E-state index is -0.433. The third kappa shape index (κ3) is 5.47. The number of ketones is 2. The van der Waals surface area contributed by atoms with Crippen LogP contribution in [-0.2, 0) is 14.4 Å². The smallest absolute Gasteiger partial charge is 0.262 e. The molecule has 9 heteroatoms. The molecule has 2 N–H and O–H groups in total. The Bertz CT molecular complexity index is 1320. The summed E-state index contributed by atoms with van der Waals surface area (Å²) in [4.78, 5) is 38.9. The molecule has 1 heterocycles. The fourth-order valence-electron chi connectivity index (χ4n) is 5.34. The second-order valence-electron chi connectivity index (χ2n) is 9.50. The van der Waals surface area contributed by atoms with E-state index in [1.165, 1.54) is 0 Å². The average molecular weight is 647 g/mol. The summed E-state index contributed by atoms with van der Waals surface area (Å²) >= 11 is 8.07. The Morgan fingerprint density at radius 3 is 2.24 bits per heavy atom. The van der Waals surface area contributed by atoms with Crippen LogP contribution < -0.4 is 20.1 Å². The number of dihydropyridines is 1. The van der Waals surface area contributed by atoms with Gasteiger partial charge >= 0.3 is 0 Å². The number of halogens is 2. The van der Waals surface area contributed by atoms with Crippen molar-refractivity contribution < 1.29 is 23.9 Å². The molecule has 1 aliphatic heterocycles. The maximum atomic E-state index is 13.2. The van der Waals surface area contributed by atoms with E-state index in [1.807, 2.05) is 19.1 Å². The summed E-state index contributed by atoms with van der Waals surface area (Å²) in [6.07, 6.45) is 4.16. The molecule has 198 valence electrons. The molecule has 0 radical (unpaired) electrons. The molecule has 0 atom stereocenters. The highest BCUT2D eigenvalue weighted by Gasteiger charge is 2.40.